The van der Waals surface area contributed by atoms with E-state index in [1.165, 1.54) is 0 Å². The predicted molar refractivity (Wildman–Crippen MR) is 120 cm³/mol. The average molecular weight is 638 g/mol. The molecule has 1 aromatic heterocycles. The van der Waals surface area contributed by atoms with Crippen LogP contribution < -0.4 is 15.0 Å². The summed E-state index contributed by atoms with van der Waals surface area (Å²) in [5.74, 6) is -1.88. The number of carbonyl (C=O) groups excluding carboxylic acids is 1. The van der Waals surface area contributed by atoms with Crippen molar-refractivity contribution in [3.8, 4) is 11.8 Å². The van der Waals surface area contributed by atoms with E-state index >= 15 is 0 Å². The molecule has 1 amide bonds. The highest BCUT2D eigenvalue weighted by molar-refractivity contribution is 7.92. The molecule has 2 fully saturated rings. The summed E-state index contributed by atoms with van der Waals surface area (Å²) in [4.78, 5) is 12.5. The van der Waals surface area contributed by atoms with Gasteiger partial charge in [-0.2, -0.15) is 44.8 Å². The summed E-state index contributed by atoms with van der Waals surface area (Å²) in [6, 6.07) is 1.38. The summed E-state index contributed by atoms with van der Waals surface area (Å²) in [6.07, 6.45) is -15.4. The molecule has 0 spiro atoms. The van der Waals surface area contributed by atoms with Crippen molar-refractivity contribution in [2.24, 2.45) is 0 Å². The first-order valence-corrected chi connectivity index (χ1v) is 13.7. The predicted octanol–water partition coefficient (Wildman–Crippen LogP) is 4.11. The molecule has 1 N–H and O–H groups in total. The number of nitrogens with one attached hydrogen (secondary N) is 1. The number of anilines is 1. The van der Waals surface area contributed by atoms with Gasteiger partial charge in [-0.25, -0.2) is 8.42 Å². The van der Waals surface area contributed by atoms with Crippen LogP contribution in [0.1, 0.15) is 29.8 Å². The number of aromatic nitrogens is 2. The lowest BCUT2D eigenvalue weighted by Crippen LogP contribution is -2.47. The van der Waals surface area contributed by atoms with Gasteiger partial charge < -0.3 is 15.0 Å². The van der Waals surface area contributed by atoms with Crippen molar-refractivity contribution in [1.29, 1.82) is 5.26 Å². The molecule has 20 heteroatoms. The van der Waals surface area contributed by atoms with Crippen LogP contribution in [0.25, 0.3) is 0 Å². The summed E-state index contributed by atoms with van der Waals surface area (Å²) < 4.78 is 149. The summed E-state index contributed by atoms with van der Waals surface area (Å²) in [6.45, 7) is -2.73. The zero-order valence-corrected chi connectivity index (χ0v) is 21.7. The molecule has 2 aliphatic rings. The van der Waals surface area contributed by atoms with Gasteiger partial charge in [-0.15, -0.1) is 10.2 Å². The maximum Gasteiger partial charge on any atom is 0.445 e. The average Bonchev–Trinajstić information content (AvgIpc) is 3.25. The highest BCUT2D eigenvalue weighted by Crippen LogP contribution is 2.42. The number of nitriles is 1. The van der Waals surface area contributed by atoms with Gasteiger partial charge in [0.2, 0.25) is 16.0 Å². The third-order valence-corrected chi connectivity index (χ3v) is 9.39. The fraction of sp³-hybridized carbons (Fsp3) is 0.524. The number of alkyl halides is 9. The van der Waals surface area contributed by atoms with Gasteiger partial charge in [0.15, 0.2) is 16.4 Å². The van der Waals surface area contributed by atoms with Crippen LogP contribution in [-0.4, -0.2) is 60.7 Å². The molecule has 2 aromatic rings. The number of hydrogen-bond donors (Lipinski definition) is 1. The number of rotatable bonds is 7. The monoisotopic (exact) mass is 637 g/mol. The number of benzene rings is 1. The Bertz CT molecular complexity index is 1480. The van der Waals surface area contributed by atoms with Crippen molar-refractivity contribution in [1.82, 2.24) is 15.5 Å². The van der Waals surface area contributed by atoms with Crippen molar-refractivity contribution in [3.05, 3.63) is 28.8 Å². The summed E-state index contributed by atoms with van der Waals surface area (Å²) in [5.41, 5.74) is -3.11. The first-order chi connectivity index (χ1) is 18.8. The van der Waals surface area contributed by atoms with Crippen LogP contribution in [0.5, 0.6) is 5.75 Å². The SMILES string of the molecule is N#CC1(NC(=O)[C@@H]2CC(S(=O)(=O)c3ccc(OCC(F)(F)F)cc3C(F)(F)F)CN2c2nnc(C(F)(F)F)s2)CC1. The molecule has 2 heterocycles. The first kappa shape index (κ1) is 30.6. The van der Waals surface area contributed by atoms with E-state index in [0.717, 1.165) is 4.90 Å². The maximum absolute atomic E-state index is 13.8. The Hall–Kier alpha value is -3.34. The van der Waals surface area contributed by atoms with E-state index in [2.05, 4.69) is 20.3 Å². The lowest BCUT2D eigenvalue weighted by Gasteiger charge is -2.23. The lowest BCUT2D eigenvalue weighted by atomic mass is 10.2. The van der Waals surface area contributed by atoms with Crippen molar-refractivity contribution < 1.29 is 57.5 Å². The molecule has 2 atom stereocenters. The Labute approximate surface area is 228 Å². The Balaban J connectivity index is 1.70. The van der Waals surface area contributed by atoms with E-state index in [4.69, 9.17) is 0 Å². The maximum atomic E-state index is 13.8. The molecule has 1 unspecified atom stereocenters. The lowest BCUT2D eigenvalue weighted by molar-refractivity contribution is -0.153. The normalized spacial score (nSPS) is 20.9. The van der Waals surface area contributed by atoms with E-state index < -0.39 is 97.0 Å². The molecule has 1 saturated carbocycles. The molecule has 0 bridgehead atoms. The van der Waals surface area contributed by atoms with Crippen molar-refractivity contribution in [2.45, 2.75) is 59.5 Å². The first-order valence-electron chi connectivity index (χ1n) is 11.3. The number of amides is 1. The Morgan fingerprint density at radius 2 is 1.78 bits per heavy atom. The highest BCUT2D eigenvalue weighted by atomic mass is 32.2. The Kier molecular flexibility index (Phi) is 7.60. The molecular formula is C21H16F9N5O4S2. The largest absolute Gasteiger partial charge is 0.484 e. The van der Waals surface area contributed by atoms with Gasteiger partial charge >= 0.3 is 18.5 Å². The van der Waals surface area contributed by atoms with Crippen LogP contribution in [0.15, 0.2) is 23.1 Å². The van der Waals surface area contributed by atoms with Crippen LogP contribution in [0.3, 0.4) is 0 Å². The van der Waals surface area contributed by atoms with Crippen molar-refractivity contribution in [2.75, 3.05) is 18.1 Å². The second kappa shape index (κ2) is 10.2. The molecule has 1 aliphatic carbocycles. The second-order valence-electron chi connectivity index (χ2n) is 9.20. The van der Waals surface area contributed by atoms with E-state index in [0.29, 0.717) is 12.1 Å². The third kappa shape index (κ3) is 6.60. The fourth-order valence-corrected chi connectivity index (χ4v) is 6.71. The minimum Gasteiger partial charge on any atom is -0.484 e. The van der Waals surface area contributed by atoms with Gasteiger partial charge in [0.25, 0.3) is 0 Å². The molecule has 1 aliphatic heterocycles. The quantitative estimate of drug-likeness (QED) is 0.450. The number of sulfone groups is 1. The van der Waals surface area contributed by atoms with Crippen LogP contribution >= 0.6 is 11.3 Å². The van der Waals surface area contributed by atoms with Crippen LogP contribution in [0.4, 0.5) is 44.6 Å². The number of halogens is 9. The molecule has 4 rings (SSSR count). The van der Waals surface area contributed by atoms with Crippen LogP contribution in [0, 0.1) is 11.3 Å². The number of carbonyl (C=O) groups is 1. The summed E-state index contributed by atoms with van der Waals surface area (Å²) in [7, 11) is -5.03. The minimum atomic E-state index is -5.37. The topological polar surface area (TPSA) is 125 Å². The molecule has 1 saturated heterocycles. The standard InChI is InChI=1S/C21H16F9N5O4S2/c22-19(23,24)9-39-10-1-2-14(12(5-10)20(25,26)27)41(37,38)11-6-13(15(36)32-18(8-31)3-4-18)35(7-11)17-34-33-16(40-17)21(28,29)30/h1-2,5,11,13H,3-4,6-7,9H2,(H,32,36)/t11?,13-/m0/s1. The molecule has 9 nitrogen and oxygen atoms in total. The zero-order valence-electron chi connectivity index (χ0n) is 20.1. The number of nitrogens with zero attached hydrogens (tertiary/aromatic N) is 4. The number of hydrogen-bond acceptors (Lipinski definition) is 9. The van der Waals surface area contributed by atoms with Gasteiger partial charge in [0.05, 0.1) is 21.8 Å². The van der Waals surface area contributed by atoms with Gasteiger partial charge in [-0.05, 0) is 37.5 Å². The van der Waals surface area contributed by atoms with E-state index in [-0.39, 0.29) is 30.2 Å². The highest BCUT2D eigenvalue weighted by Gasteiger charge is 2.51. The zero-order chi connectivity index (χ0) is 30.6. The molecule has 1 aromatic carbocycles. The molecule has 0 radical (unpaired) electrons. The minimum absolute atomic E-state index is 0.0267. The van der Waals surface area contributed by atoms with Gasteiger partial charge in [-0.3, -0.25) is 4.79 Å². The smallest absolute Gasteiger partial charge is 0.445 e. The summed E-state index contributed by atoms with van der Waals surface area (Å²) >= 11 is -0.0267. The van der Waals surface area contributed by atoms with Gasteiger partial charge in [0.1, 0.15) is 17.3 Å². The van der Waals surface area contributed by atoms with E-state index in [9.17, 15) is 58.0 Å². The fourth-order valence-electron chi connectivity index (χ4n) is 4.05. The van der Waals surface area contributed by atoms with Crippen LogP contribution in [-0.2, 0) is 27.0 Å². The Morgan fingerprint density at radius 1 is 1.12 bits per heavy atom. The van der Waals surface area contributed by atoms with Crippen LogP contribution in [0.2, 0.25) is 0 Å². The molecule has 224 valence electrons. The van der Waals surface area contributed by atoms with E-state index in [1.54, 1.807) is 0 Å². The third-order valence-electron chi connectivity index (χ3n) is 6.20. The Morgan fingerprint density at radius 3 is 2.29 bits per heavy atom. The van der Waals surface area contributed by atoms with Crippen molar-refractivity contribution in [3.63, 3.8) is 0 Å². The number of ether oxygens (including phenoxy) is 1. The van der Waals surface area contributed by atoms with Crippen molar-refractivity contribution >= 4 is 32.2 Å². The molecular weight excluding hydrogens is 621 g/mol. The summed E-state index contributed by atoms with van der Waals surface area (Å²) in [5, 5.41) is 14.2. The second-order valence-corrected chi connectivity index (χ2v) is 12.4. The van der Waals surface area contributed by atoms with E-state index in [1.807, 2.05) is 6.07 Å². The molecule has 41 heavy (non-hydrogen) atoms. The van der Waals surface area contributed by atoms with Gasteiger partial charge in [0, 0.05) is 6.54 Å². The van der Waals surface area contributed by atoms with Gasteiger partial charge in [-0.1, -0.05) is 11.3 Å².